The fourth-order valence-electron chi connectivity index (χ4n) is 3.33. The van der Waals surface area contributed by atoms with Crippen molar-refractivity contribution in [1.29, 1.82) is 0 Å². The number of allylic oxidation sites excluding steroid dienone is 1. The van der Waals surface area contributed by atoms with Crippen molar-refractivity contribution in [2.24, 2.45) is 0 Å². The molecule has 1 aromatic carbocycles. The number of rotatable bonds is 7. The van der Waals surface area contributed by atoms with Crippen LogP contribution < -0.4 is 5.32 Å². The summed E-state index contributed by atoms with van der Waals surface area (Å²) in [7, 11) is 0. The molecular formula is C22H30N2. The molecule has 2 nitrogen and oxygen atoms in total. The molecule has 1 unspecified atom stereocenters. The van der Waals surface area contributed by atoms with Gasteiger partial charge in [0.2, 0.25) is 0 Å². The zero-order valence-corrected chi connectivity index (χ0v) is 15.7. The third-order valence-corrected chi connectivity index (χ3v) is 4.83. The van der Waals surface area contributed by atoms with Gasteiger partial charge in [-0.3, -0.25) is 4.98 Å². The lowest BCUT2D eigenvalue weighted by atomic mass is 9.91. The minimum atomic E-state index is 0.372. The molecule has 2 aromatic rings. The van der Waals surface area contributed by atoms with Crippen LogP contribution in [-0.2, 0) is 13.0 Å². The molecule has 0 saturated heterocycles. The van der Waals surface area contributed by atoms with E-state index >= 15 is 0 Å². The minimum Gasteiger partial charge on any atom is -0.306 e. The van der Waals surface area contributed by atoms with Gasteiger partial charge in [-0.2, -0.15) is 0 Å². The average molecular weight is 322 g/mol. The predicted molar refractivity (Wildman–Crippen MR) is 104 cm³/mol. The summed E-state index contributed by atoms with van der Waals surface area (Å²) in [6.45, 7) is 15.7. The first-order valence-corrected chi connectivity index (χ1v) is 8.91. The molecule has 0 spiro atoms. The first-order chi connectivity index (χ1) is 11.5. The van der Waals surface area contributed by atoms with Gasteiger partial charge in [0.15, 0.2) is 0 Å². The van der Waals surface area contributed by atoms with Crippen molar-refractivity contribution in [3.05, 3.63) is 70.6 Å². The van der Waals surface area contributed by atoms with E-state index in [1.165, 1.54) is 27.8 Å². The van der Waals surface area contributed by atoms with E-state index in [2.05, 4.69) is 62.8 Å². The van der Waals surface area contributed by atoms with E-state index in [1.807, 2.05) is 19.2 Å². The minimum absolute atomic E-state index is 0.372. The highest BCUT2D eigenvalue weighted by Crippen LogP contribution is 2.26. The van der Waals surface area contributed by atoms with Crippen LogP contribution in [0.3, 0.4) is 0 Å². The average Bonchev–Trinajstić information content (AvgIpc) is 2.57. The van der Waals surface area contributed by atoms with Gasteiger partial charge in [0.1, 0.15) is 0 Å². The number of pyridine rings is 1. The smallest absolute Gasteiger partial charge is 0.0653 e. The Kier molecular flexibility index (Phi) is 6.33. The number of hydrogen-bond donors (Lipinski definition) is 1. The van der Waals surface area contributed by atoms with E-state index in [4.69, 9.17) is 0 Å². The van der Waals surface area contributed by atoms with Crippen LogP contribution >= 0.6 is 0 Å². The lowest BCUT2D eigenvalue weighted by Crippen LogP contribution is -2.21. The molecule has 0 aliphatic rings. The molecular weight excluding hydrogens is 292 g/mol. The number of aryl methyl sites for hydroxylation is 1. The lowest BCUT2D eigenvalue weighted by Gasteiger charge is -2.22. The summed E-state index contributed by atoms with van der Waals surface area (Å²) in [5, 5.41) is 3.70. The Morgan fingerprint density at radius 3 is 2.46 bits per heavy atom. The highest BCUT2D eigenvalue weighted by atomic mass is 14.9. The van der Waals surface area contributed by atoms with E-state index in [9.17, 15) is 0 Å². The van der Waals surface area contributed by atoms with Crippen LogP contribution in [0, 0.1) is 13.8 Å². The van der Waals surface area contributed by atoms with Crippen molar-refractivity contribution >= 4 is 5.57 Å². The van der Waals surface area contributed by atoms with Gasteiger partial charge in [-0.25, -0.2) is 0 Å². The zero-order valence-electron chi connectivity index (χ0n) is 15.7. The molecule has 0 amide bonds. The van der Waals surface area contributed by atoms with Gasteiger partial charge in [0, 0.05) is 18.8 Å². The molecule has 24 heavy (non-hydrogen) atoms. The van der Waals surface area contributed by atoms with E-state index in [0.29, 0.717) is 6.04 Å². The summed E-state index contributed by atoms with van der Waals surface area (Å²) in [5.74, 6) is 0. The van der Waals surface area contributed by atoms with Gasteiger partial charge in [0.25, 0.3) is 0 Å². The highest BCUT2D eigenvalue weighted by Gasteiger charge is 2.14. The van der Waals surface area contributed by atoms with Crippen molar-refractivity contribution < 1.29 is 0 Å². The molecule has 2 heteroatoms. The largest absolute Gasteiger partial charge is 0.306 e. The summed E-state index contributed by atoms with van der Waals surface area (Å²) in [6, 6.07) is 9.10. The molecule has 2 rings (SSSR count). The molecule has 1 atom stereocenters. The molecule has 0 radical (unpaired) electrons. The van der Waals surface area contributed by atoms with Gasteiger partial charge in [-0.15, -0.1) is 0 Å². The number of benzene rings is 1. The molecule has 0 aliphatic carbocycles. The van der Waals surface area contributed by atoms with Crippen LogP contribution in [0.5, 0.6) is 0 Å². The molecule has 128 valence electrons. The van der Waals surface area contributed by atoms with Crippen molar-refractivity contribution in [2.45, 2.75) is 60.0 Å². The summed E-state index contributed by atoms with van der Waals surface area (Å²) >= 11 is 0. The van der Waals surface area contributed by atoms with Crippen molar-refractivity contribution in [2.75, 3.05) is 0 Å². The van der Waals surface area contributed by atoms with E-state index in [-0.39, 0.29) is 0 Å². The van der Waals surface area contributed by atoms with Crippen LogP contribution in [-0.4, -0.2) is 4.98 Å². The molecule has 0 aliphatic heterocycles. The fourth-order valence-corrected chi connectivity index (χ4v) is 3.33. The van der Waals surface area contributed by atoms with Crippen molar-refractivity contribution in [3.8, 4) is 0 Å². The quantitative estimate of drug-likeness (QED) is 0.724. The highest BCUT2D eigenvalue weighted by molar-refractivity contribution is 5.57. The second-order valence-electron chi connectivity index (χ2n) is 6.60. The summed E-state index contributed by atoms with van der Waals surface area (Å²) in [5.41, 5.74) is 8.92. The molecule has 0 bridgehead atoms. The maximum atomic E-state index is 4.47. The van der Waals surface area contributed by atoms with Crippen LogP contribution in [0.1, 0.15) is 66.7 Å². The SMILES string of the molecule is C=C(C)c1ccc(CNC(CC)c2ccc(C)c(CC)c2C)cn1. The Hall–Kier alpha value is -1.93. The normalized spacial score (nSPS) is 12.2. The first kappa shape index (κ1) is 18.4. The fraction of sp³-hybridized carbons (Fsp3) is 0.409. The lowest BCUT2D eigenvalue weighted by molar-refractivity contribution is 0.515. The standard InChI is InChI=1S/C22H30N2/c1-7-19-16(5)9-11-20(17(19)6)21(8-2)23-13-18-10-12-22(15(3)4)24-14-18/h9-12,14,21,23H,3,7-8,13H2,1-2,4-6H3. The molecule has 1 aromatic heterocycles. The molecule has 0 fully saturated rings. The topological polar surface area (TPSA) is 24.9 Å². The van der Waals surface area contributed by atoms with Gasteiger partial charge in [0.05, 0.1) is 5.69 Å². The van der Waals surface area contributed by atoms with Gasteiger partial charge in [-0.1, -0.05) is 38.6 Å². The van der Waals surface area contributed by atoms with Gasteiger partial charge in [-0.05, 0) is 73.1 Å². The zero-order chi connectivity index (χ0) is 17.7. The maximum Gasteiger partial charge on any atom is 0.0653 e. The van der Waals surface area contributed by atoms with Crippen molar-refractivity contribution in [3.63, 3.8) is 0 Å². The van der Waals surface area contributed by atoms with E-state index < -0.39 is 0 Å². The molecule has 0 saturated carbocycles. The second kappa shape index (κ2) is 8.25. The van der Waals surface area contributed by atoms with Crippen molar-refractivity contribution in [1.82, 2.24) is 10.3 Å². The number of hydrogen-bond acceptors (Lipinski definition) is 2. The number of aromatic nitrogens is 1. The Morgan fingerprint density at radius 1 is 1.17 bits per heavy atom. The first-order valence-electron chi connectivity index (χ1n) is 8.91. The van der Waals surface area contributed by atoms with Crippen LogP contribution in [0.15, 0.2) is 37.0 Å². The molecule has 1 N–H and O–H groups in total. The second-order valence-corrected chi connectivity index (χ2v) is 6.60. The van der Waals surface area contributed by atoms with Crippen LogP contribution in [0.4, 0.5) is 0 Å². The summed E-state index contributed by atoms with van der Waals surface area (Å²) in [6.07, 6.45) is 4.11. The van der Waals surface area contributed by atoms with Crippen LogP contribution in [0.2, 0.25) is 0 Å². The maximum absolute atomic E-state index is 4.47. The number of nitrogens with zero attached hydrogens (tertiary/aromatic N) is 1. The van der Waals surface area contributed by atoms with E-state index in [0.717, 1.165) is 30.7 Å². The Morgan fingerprint density at radius 2 is 1.92 bits per heavy atom. The van der Waals surface area contributed by atoms with Crippen LogP contribution in [0.25, 0.3) is 5.57 Å². The summed E-state index contributed by atoms with van der Waals surface area (Å²) in [4.78, 5) is 4.47. The van der Waals surface area contributed by atoms with Gasteiger partial charge >= 0.3 is 0 Å². The Labute approximate surface area is 147 Å². The third kappa shape index (κ3) is 4.12. The predicted octanol–water partition coefficient (Wildman–Crippen LogP) is 5.53. The Balaban J connectivity index is 2.14. The Bertz CT molecular complexity index is 699. The summed E-state index contributed by atoms with van der Waals surface area (Å²) < 4.78 is 0. The monoisotopic (exact) mass is 322 g/mol. The molecule has 1 heterocycles. The van der Waals surface area contributed by atoms with Gasteiger partial charge < -0.3 is 5.32 Å². The number of nitrogens with one attached hydrogen (secondary N) is 1. The van der Waals surface area contributed by atoms with E-state index in [1.54, 1.807) is 0 Å². The third-order valence-electron chi connectivity index (χ3n) is 4.83.